The number of carbonyl (C=O) groups is 1. The predicted octanol–water partition coefficient (Wildman–Crippen LogP) is 6.00. The minimum atomic E-state index is -0.304. The van der Waals surface area contributed by atoms with E-state index in [1.807, 2.05) is 31.2 Å². The first kappa shape index (κ1) is 20.7. The van der Waals surface area contributed by atoms with Crippen molar-refractivity contribution in [3.8, 4) is 0 Å². The molecular formula is C21H35NO2. The molecule has 1 aromatic rings. The van der Waals surface area contributed by atoms with E-state index < -0.39 is 0 Å². The molecule has 3 nitrogen and oxygen atoms in total. The van der Waals surface area contributed by atoms with Gasteiger partial charge in [-0.25, -0.2) is 5.06 Å². The van der Waals surface area contributed by atoms with Crippen LogP contribution >= 0.6 is 0 Å². The molecule has 0 saturated carbocycles. The fourth-order valence-electron chi connectivity index (χ4n) is 2.84. The summed E-state index contributed by atoms with van der Waals surface area (Å²) >= 11 is 0. The van der Waals surface area contributed by atoms with E-state index in [0.29, 0.717) is 12.1 Å². The monoisotopic (exact) mass is 333 g/mol. The number of nitrogens with zero attached hydrogens (tertiary/aromatic N) is 1. The molecule has 0 spiro atoms. The van der Waals surface area contributed by atoms with Gasteiger partial charge in [-0.15, -0.1) is 0 Å². The van der Waals surface area contributed by atoms with Gasteiger partial charge in [0.2, 0.25) is 0 Å². The third-order valence-electron chi connectivity index (χ3n) is 4.48. The second kappa shape index (κ2) is 13.0. The fourth-order valence-corrected chi connectivity index (χ4v) is 2.84. The van der Waals surface area contributed by atoms with E-state index in [2.05, 4.69) is 6.92 Å². The summed E-state index contributed by atoms with van der Waals surface area (Å²) in [4.78, 5) is 12.0. The number of benzene rings is 1. The summed E-state index contributed by atoms with van der Waals surface area (Å²) in [5.74, 6) is -0.304. The molecule has 0 aliphatic heterocycles. The van der Waals surface area contributed by atoms with Crippen molar-refractivity contribution in [2.24, 2.45) is 0 Å². The van der Waals surface area contributed by atoms with Crippen molar-refractivity contribution < 1.29 is 10.0 Å². The summed E-state index contributed by atoms with van der Waals surface area (Å²) in [6.07, 6.45) is 13.5. The Morgan fingerprint density at radius 2 is 1.38 bits per heavy atom. The Kier molecular flexibility index (Phi) is 11.2. The molecule has 0 atom stereocenters. The van der Waals surface area contributed by atoms with Gasteiger partial charge in [-0.3, -0.25) is 10.0 Å². The molecule has 0 aliphatic rings. The third-order valence-corrected chi connectivity index (χ3v) is 4.48. The SMILES string of the molecule is CCCCCCCCCCc1ccc(C(=O)N(O)CCCC)cc1. The molecule has 0 radical (unpaired) electrons. The zero-order valence-corrected chi connectivity index (χ0v) is 15.6. The summed E-state index contributed by atoms with van der Waals surface area (Å²) in [6, 6.07) is 7.69. The summed E-state index contributed by atoms with van der Waals surface area (Å²) in [5.41, 5.74) is 1.84. The summed E-state index contributed by atoms with van der Waals surface area (Å²) in [6.45, 7) is 4.69. The highest BCUT2D eigenvalue weighted by atomic mass is 16.5. The Morgan fingerprint density at radius 3 is 1.96 bits per heavy atom. The molecule has 24 heavy (non-hydrogen) atoms. The van der Waals surface area contributed by atoms with Gasteiger partial charge in [0, 0.05) is 12.1 Å². The minimum absolute atomic E-state index is 0.304. The highest BCUT2D eigenvalue weighted by Gasteiger charge is 2.12. The van der Waals surface area contributed by atoms with Gasteiger partial charge in [0.1, 0.15) is 0 Å². The van der Waals surface area contributed by atoms with Crippen molar-refractivity contribution in [2.75, 3.05) is 6.54 Å². The molecule has 0 fully saturated rings. The molecule has 1 rings (SSSR count). The van der Waals surface area contributed by atoms with E-state index in [1.165, 1.54) is 56.9 Å². The van der Waals surface area contributed by atoms with Crippen LogP contribution in [0.4, 0.5) is 0 Å². The van der Waals surface area contributed by atoms with Crippen LogP contribution in [0.2, 0.25) is 0 Å². The Hall–Kier alpha value is -1.35. The number of hydrogen-bond acceptors (Lipinski definition) is 2. The number of hydroxylamine groups is 2. The van der Waals surface area contributed by atoms with Crippen molar-refractivity contribution in [1.29, 1.82) is 0 Å². The molecule has 0 unspecified atom stereocenters. The van der Waals surface area contributed by atoms with Crippen LogP contribution < -0.4 is 0 Å². The second-order valence-corrected chi connectivity index (χ2v) is 6.70. The zero-order chi connectivity index (χ0) is 17.6. The molecule has 1 amide bonds. The summed E-state index contributed by atoms with van der Waals surface area (Å²) < 4.78 is 0. The summed E-state index contributed by atoms with van der Waals surface area (Å²) in [7, 11) is 0. The minimum Gasteiger partial charge on any atom is -0.286 e. The van der Waals surface area contributed by atoms with E-state index >= 15 is 0 Å². The number of unbranched alkanes of at least 4 members (excludes halogenated alkanes) is 8. The van der Waals surface area contributed by atoms with Gasteiger partial charge in [-0.2, -0.15) is 0 Å². The smallest absolute Gasteiger partial charge is 0.277 e. The Bertz CT molecular complexity index is 442. The van der Waals surface area contributed by atoms with Crippen molar-refractivity contribution in [2.45, 2.75) is 84.5 Å². The standard InChI is InChI=1S/C21H35NO2/c1-3-5-7-8-9-10-11-12-13-19-14-16-20(17-15-19)21(23)22(24)18-6-4-2/h14-17,24H,3-13,18H2,1-2H3. The maximum absolute atomic E-state index is 12.0. The normalized spacial score (nSPS) is 10.8. The zero-order valence-electron chi connectivity index (χ0n) is 15.6. The maximum atomic E-state index is 12.0. The topological polar surface area (TPSA) is 40.5 Å². The molecule has 0 saturated heterocycles. The third kappa shape index (κ3) is 8.49. The first-order chi connectivity index (χ1) is 11.7. The highest BCUT2D eigenvalue weighted by Crippen LogP contribution is 2.13. The average Bonchev–Trinajstić information content (AvgIpc) is 2.61. The lowest BCUT2D eigenvalue weighted by Gasteiger charge is -2.14. The van der Waals surface area contributed by atoms with Gasteiger partial charge >= 0.3 is 0 Å². The predicted molar refractivity (Wildman–Crippen MR) is 100 cm³/mol. The Labute approximate surface area is 148 Å². The summed E-state index contributed by atoms with van der Waals surface area (Å²) in [5, 5.41) is 10.6. The molecule has 3 heteroatoms. The number of rotatable bonds is 13. The van der Waals surface area contributed by atoms with E-state index in [0.717, 1.165) is 24.3 Å². The van der Waals surface area contributed by atoms with Crippen LogP contribution in [0.3, 0.4) is 0 Å². The Balaban J connectivity index is 2.23. The molecule has 0 bridgehead atoms. The van der Waals surface area contributed by atoms with Gasteiger partial charge in [0.15, 0.2) is 0 Å². The van der Waals surface area contributed by atoms with Crippen molar-refractivity contribution in [3.63, 3.8) is 0 Å². The van der Waals surface area contributed by atoms with Crippen molar-refractivity contribution in [1.82, 2.24) is 5.06 Å². The van der Waals surface area contributed by atoms with Crippen LogP contribution in [0.5, 0.6) is 0 Å². The van der Waals surface area contributed by atoms with Gasteiger partial charge in [0.05, 0.1) is 0 Å². The molecule has 1 aromatic carbocycles. The lowest BCUT2D eigenvalue weighted by atomic mass is 10.0. The average molecular weight is 334 g/mol. The van der Waals surface area contributed by atoms with E-state index in [4.69, 9.17) is 0 Å². The van der Waals surface area contributed by atoms with Crippen molar-refractivity contribution >= 4 is 5.91 Å². The lowest BCUT2D eigenvalue weighted by molar-refractivity contribution is -0.0586. The van der Waals surface area contributed by atoms with Crippen LogP contribution in [-0.4, -0.2) is 22.7 Å². The molecule has 0 aromatic heterocycles. The second-order valence-electron chi connectivity index (χ2n) is 6.70. The highest BCUT2D eigenvalue weighted by molar-refractivity contribution is 5.93. The molecule has 0 heterocycles. The van der Waals surface area contributed by atoms with Gasteiger partial charge in [-0.05, 0) is 37.0 Å². The first-order valence-electron chi connectivity index (χ1n) is 9.78. The van der Waals surface area contributed by atoms with Gasteiger partial charge in [-0.1, -0.05) is 77.3 Å². The Morgan fingerprint density at radius 1 is 0.833 bits per heavy atom. The van der Waals surface area contributed by atoms with Crippen LogP contribution in [0.1, 0.15) is 94.0 Å². The van der Waals surface area contributed by atoms with E-state index in [1.54, 1.807) is 0 Å². The largest absolute Gasteiger partial charge is 0.286 e. The van der Waals surface area contributed by atoms with Gasteiger partial charge < -0.3 is 0 Å². The van der Waals surface area contributed by atoms with Gasteiger partial charge in [0.25, 0.3) is 5.91 Å². The first-order valence-corrected chi connectivity index (χ1v) is 9.78. The molecule has 136 valence electrons. The van der Waals surface area contributed by atoms with Crippen LogP contribution in [0, 0.1) is 0 Å². The van der Waals surface area contributed by atoms with E-state index in [9.17, 15) is 10.0 Å². The fraction of sp³-hybridized carbons (Fsp3) is 0.667. The molecule has 1 N–H and O–H groups in total. The number of hydrogen-bond donors (Lipinski definition) is 1. The number of aryl methyl sites for hydroxylation is 1. The van der Waals surface area contributed by atoms with Crippen LogP contribution in [0.15, 0.2) is 24.3 Å². The number of carbonyl (C=O) groups excluding carboxylic acids is 1. The molecular weight excluding hydrogens is 298 g/mol. The molecule has 0 aliphatic carbocycles. The maximum Gasteiger partial charge on any atom is 0.277 e. The van der Waals surface area contributed by atoms with Crippen LogP contribution in [0.25, 0.3) is 0 Å². The van der Waals surface area contributed by atoms with Crippen molar-refractivity contribution in [3.05, 3.63) is 35.4 Å². The lowest BCUT2D eigenvalue weighted by Crippen LogP contribution is -2.28. The van der Waals surface area contributed by atoms with E-state index in [-0.39, 0.29) is 5.91 Å². The van der Waals surface area contributed by atoms with Crippen LogP contribution in [-0.2, 0) is 6.42 Å². The number of amides is 1. The quantitative estimate of drug-likeness (QED) is 0.273.